The Morgan fingerprint density at radius 3 is 2.88 bits per heavy atom. The molecular formula is C13H23N3O. The first kappa shape index (κ1) is 13.9. The molecular weight excluding hydrogens is 214 g/mol. The zero-order valence-corrected chi connectivity index (χ0v) is 10.9. The average molecular weight is 237 g/mol. The summed E-state index contributed by atoms with van der Waals surface area (Å²) >= 11 is 0. The third-order valence-corrected chi connectivity index (χ3v) is 2.96. The Morgan fingerprint density at radius 1 is 1.53 bits per heavy atom. The Morgan fingerprint density at radius 2 is 2.29 bits per heavy atom. The quantitative estimate of drug-likeness (QED) is 0.756. The van der Waals surface area contributed by atoms with Gasteiger partial charge in [-0.1, -0.05) is 13.0 Å². The molecule has 4 heteroatoms. The molecule has 1 aromatic heterocycles. The van der Waals surface area contributed by atoms with E-state index in [1.54, 1.807) is 13.3 Å². The Labute approximate surface area is 104 Å². The molecule has 0 radical (unpaired) electrons. The number of aromatic nitrogens is 1. The van der Waals surface area contributed by atoms with E-state index < -0.39 is 0 Å². The van der Waals surface area contributed by atoms with E-state index in [1.807, 2.05) is 12.1 Å². The van der Waals surface area contributed by atoms with Crippen molar-refractivity contribution in [2.75, 3.05) is 19.4 Å². The van der Waals surface area contributed by atoms with Crippen LogP contribution in [0.25, 0.3) is 0 Å². The smallest absolute Gasteiger partial charge is 0.126 e. The van der Waals surface area contributed by atoms with Crippen LogP contribution in [-0.2, 0) is 11.2 Å². The number of hydrogen-bond donors (Lipinski definition) is 2. The molecule has 1 rings (SSSR count). The minimum atomic E-state index is 0.154. The summed E-state index contributed by atoms with van der Waals surface area (Å²) in [5.41, 5.74) is 6.93. The summed E-state index contributed by atoms with van der Waals surface area (Å²) in [6.45, 7) is 5.21. The number of rotatable bonds is 7. The van der Waals surface area contributed by atoms with Gasteiger partial charge >= 0.3 is 0 Å². The summed E-state index contributed by atoms with van der Waals surface area (Å²) < 4.78 is 5.40. The zero-order valence-electron chi connectivity index (χ0n) is 10.9. The molecule has 0 aliphatic heterocycles. The van der Waals surface area contributed by atoms with E-state index in [2.05, 4.69) is 24.1 Å². The number of pyridine rings is 1. The van der Waals surface area contributed by atoms with Gasteiger partial charge in [-0.2, -0.15) is 0 Å². The Bertz CT molecular complexity index is 330. The van der Waals surface area contributed by atoms with Gasteiger partial charge in [-0.25, -0.2) is 4.98 Å². The Balaban J connectivity index is 2.68. The van der Waals surface area contributed by atoms with Crippen molar-refractivity contribution in [1.82, 2.24) is 10.3 Å². The molecule has 0 aliphatic carbocycles. The maximum atomic E-state index is 5.86. The highest BCUT2D eigenvalue weighted by atomic mass is 16.5. The number of hydrogen-bond acceptors (Lipinski definition) is 4. The van der Waals surface area contributed by atoms with Crippen molar-refractivity contribution in [3.05, 3.63) is 23.9 Å². The van der Waals surface area contributed by atoms with E-state index in [4.69, 9.17) is 10.5 Å². The van der Waals surface area contributed by atoms with Crippen molar-refractivity contribution in [2.24, 2.45) is 0 Å². The fraction of sp³-hybridized carbons (Fsp3) is 0.615. The molecule has 1 aromatic rings. The molecule has 0 saturated carbocycles. The van der Waals surface area contributed by atoms with Gasteiger partial charge in [0.2, 0.25) is 0 Å². The SMILES string of the molecule is CCCNC(Cc1cccnc1N)C(C)OC. The van der Waals surface area contributed by atoms with Crippen molar-refractivity contribution >= 4 is 5.82 Å². The first-order valence-corrected chi connectivity index (χ1v) is 6.14. The number of nitrogens with two attached hydrogens (primary N) is 1. The third-order valence-electron chi connectivity index (χ3n) is 2.96. The number of nitrogen functional groups attached to an aromatic ring is 1. The molecule has 1 heterocycles. The van der Waals surface area contributed by atoms with Gasteiger partial charge in [0.1, 0.15) is 5.82 Å². The number of ether oxygens (including phenoxy) is 1. The Kier molecular flexibility index (Phi) is 5.94. The van der Waals surface area contributed by atoms with E-state index in [0.29, 0.717) is 5.82 Å². The van der Waals surface area contributed by atoms with E-state index in [9.17, 15) is 0 Å². The molecule has 96 valence electrons. The van der Waals surface area contributed by atoms with Crippen LogP contribution in [-0.4, -0.2) is 30.8 Å². The summed E-state index contributed by atoms with van der Waals surface area (Å²) in [7, 11) is 1.73. The van der Waals surface area contributed by atoms with Crippen molar-refractivity contribution < 1.29 is 4.74 Å². The second-order valence-corrected chi connectivity index (χ2v) is 4.25. The Hall–Kier alpha value is -1.13. The minimum Gasteiger partial charge on any atom is -0.383 e. The summed E-state index contributed by atoms with van der Waals surface area (Å²) in [5, 5.41) is 3.49. The third kappa shape index (κ3) is 4.32. The lowest BCUT2D eigenvalue weighted by Gasteiger charge is -2.24. The van der Waals surface area contributed by atoms with Gasteiger partial charge in [0.05, 0.1) is 6.10 Å². The van der Waals surface area contributed by atoms with Crippen LogP contribution in [0.15, 0.2) is 18.3 Å². The maximum absolute atomic E-state index is 5.86. The predicted octanol–water partition coefficient (Wildman–Crippen LogP) is 1.61. The molecule has 0 amide bonds. The predicted molar refractivity (Wildman–Crippen MR) is 70.9 cm³/mol. The van der Waals surface area contributed by atoms with Gasteiger partial charge in [-0.05, 0) is 37.9 Å². The van der Waals surface area contributed by atoms with Crippen LogP contribution in [0.1, 0.15) is 25.8 Å². The van der Waals surface area contributed by atoms with Gasteiger partial charge in [0.15, 0.2) is 0 Å². The highest BCUT2D eigenvalue weighted by Gasteiger charge is 2.17. The molecule has 0 spiro atoms. The lowest BCUT2D eigenvalue weighted by atomic mass is 10.0. The van der Waals surface area contributed by atoms with Gasteiger partial charge in [-0.15, -0.1) is 0 Å². The lowest BCUT2D eigenvalue weighted by molar-refractivity contribution is 0.0831. The molecule has 0 fully saturated rings. The van der Waals surface area contributed by atoms with Crippen molar-refractivity contribution in [3.8, 4) is 0 Å². The molecule has 2 atom stereocenters. The second-order valence-electron chi connectivity index (χ2n) is 4.25. The van der Waals surface area contributed by atoms with Crippen LogP contribution in [0.5, 0.6) is 0 Å². The summed E-state index contributed by atoms with van der Waals surface area (Å²) in [4.78, 5) is 4.11. The van der Waals surface area contributed by atoms with Crippen LogP contribution in [0.3, 0.4) is 0 Å². The van der Waals surface area contributed by atoms with Gasteiger partial charge in [0.25, 0.3) is 0 Å². The molecule has 17 heavy (non-hydrogen) atoms. The summed E-state index contributed by atoms with van der Waals surface area (Å²) in [6, 6.07) is 4.21. The van der Waals surface area contributed by atoms with Gasteiger partial charge in [0, 0.05) is 19.3 Å². The number of anilines is 1. The molecule has 0 saturated heterocycles. The minimum absolute atomic E-state index is 0.154. The highest BCUT2D eigenvalue weighted by Crippen LogP contribution is 2.12. The van der Waals surface area contributed by atoms with Crippen molar-refractivity contribution in [2.45, 2.75) is 38.8 Å². The largest absolute Gasteiger partial charge is 0.383 e. The van der Waals surface area contributed by atoms with Crippen LogP contribution < -0.4 is 11.1 Å². The van der Waals surface area contributed by atoms with E-state index in [1.165, 1.54) is 0 Å². The van der Waals surface area contributed by atoms with Crippen molar-refractivity contribution in [1.29, 1.82) is 0 Å². The fourth-order valence-electron chi connectivity index (χ4n) is 1.76. The maximum Gasteiger partial charge on any atom is 0.126 e. The summed E-state index contributed by atoms with van der Waals surface area (Å²) in [5.74, 6) is 0.610. The molecule has 0 aromatic carbocycles. The number of nitrogens with one attached hydrogen (secondary N) is 1. The zero-order chi connectivity index (χ0) is 12.7. The van der Waals surface area contributed by atoms with Crippen LogP contribution in [0, 0.1) is 0 Å². The van der Waals surface area contributed by atoms with E-state index in [0.717, 1.165) is 24.9 Å². The molecule has 0 aliphatic rings. The van der Waals surface area contributed by atoms with Gasteiger partial charge in [-0.3, -0.25) is 0 Å². The lowest BCUT2D eigenvalue weighted by Crippen LogP contribution is -2.41. The van der Waals surface area contributed by atoms with E-state index in [-0.39, 0.29) is 12.1 Å². The normalized spacial score (nSPS) is 14.5. The van der Waals surface area contributed by atoms with Crippen LogP contribution >= 0.6 is 0 Å². The molecule has 0 bridgehead atoms. The number of nitrogens with zero attached hydrogens (tertiary/aromatic N) is 1. The molecule has 2 unspecified atom stereocenters. The van der Waals surface area contributed by atoms with Crippen LogP contribution in [0.2, 0.25) is 0 Å². The van der Waals surface area contributed by atoms with E-state index >= 15 is 0 Å². The first-order valence-electron chi connectivity index (χ1n) is 6.14. The van der Waals surface area contributed by atoms with Crippen molar-refractivity contribution in [3.63, 3.8) is 0 Å². The summed E-state index contributed by atoms with van der Waals surface area (Å²) in [6.07, 6.45) is 3.82. The molecule has 3 N–H and O–H groups in total. The molecule has 4 nitrogen and oxygen atoms in total. The fourth-order valence-corrected chi connectivity index (χ4v) is 1.76. The topological polar surface area (TPSA) is 60.2 Å². The standard InChI is InChI=1S/C13H23N3O/c1-4-7-15-12(10(2)17-3)9-11-6-5-8-16-13(11)14/h5-6,8,10,12,15H,4,7,9H2,1-3H3,(H2,14,16). The first-order chi connectivity index (χ1) is 8.19. The van der Waals surface area contributed by atoms with Crippen LogP contribution in [0.4, 0.5) is 5.82 Å². The second kappa shape index (κ2) is 7.25. The monoisotopic (exact) mass is 237 g/mol. The highest BCUT2D eigenvalue weighted by molar-refractivity contribution is 5.39. The number of methoxy groups -OCH3 is 1. The van der Waals surface area contributed by atoms with Gasteiger partial charge < -0.3 is 15.8 Å². The average Bonchev–Trinajstić information content (AvgIpc) is 2.35.